The van der Waals surface area contributed by atoms with E-state index in [1.807, 2.05) is 31.2 Å². The summed E-state index contributed by atoms with van der Waals surface area (Å²) in [6.45, 7) is 3.89. The van der Waals surface area contributed by atoms with Crippen LogP contribution in [0.2, 0.25) is 0 Å². The summed E-state index contributed by atoms with van der Waals surface area (Å²) in [5.41, 5.74) is 3.17. The molecule has 5 nitrogen and oxygen atoms in total. The van der Waals surface area contributed by atoms with Gasteiger partial charge < -0.3 is 19.9 Å². The molecule has 0 bridgehead atoms. The molecule has 1 saturated heterocycles. The highest BCUT2D eigenvalue weighted by molar-refractivity contribution is 5.99. The fourth-order valence-corrected chi connectivity index (χ4v) is 4.83. The lowest BCUT2D eigenvalue weighted by Gasteiger charge is -2.44. The molecule has 2 aliphatic rings. The van der Waals surface area contributed by atoms with Gasteiger partial charge in [0.25, 0.3) is 5.91 Å². The number of hydrogen-bond acceptors (Lipinski definition) is 4. The van der Waals surface area contributed by atoms with Gasteiger partial charge in [0.2, 0.25) is 0 Å². The molecule has 6 heteroatoms. The lowest BCUT2D eigenvalue weighted by Crippen LogP contribution is -2.57. The van der Waals surface area contributed by atoms with Crippen molar-refractivity contribution < 1.29 is 13.9 Å². The Morgan fingerprint density at radius 2 is 1.91 bits per heavy atom. The number of benzene rings is 3. The first-order chi connectivity index (χ1) is 15.8. The van der Waals surface area contributed by atoms with Crippen LogP contribution in [0.3, 0.4) is 0 Å². The Kier molecular flexibility index (Phi) is 5.28. The Morgan fingerprint density at radius 3 is 2.58 bits per heavy atom. The zero-order valence-electron chi connectivity index (χ0n) is 19.6. The summed E-state index contributed by atoms with van der Waals surface area (Å²) in [4.78, 5) is 18.0. The number of likely N-dealkylation sites (N-methyl/N-ethyl adjacent to an activating group) is 1. The van der Waals surface area contributed by atoms with Crippen LogP contribution in [0.1, 0.15) is 34.3 Å². The third-order valence-electron chi connectivity index (χ3n) is 7.21. The van der Waals surface area contributed by atoms with Crippen molar-refractivity contribution in [3.63, 3.8) is 0 Å². The van der Waals surface area contributed by atoms with E-state index in [1.54, 1.807) is 19.2 Å². The molecule has 172 valence electrons. The number of methoxy groups -OCH3 is 1. The average Bonchev–Trinajstić information content (AvgIpc) is 3.53. The summed E-state index contributed by atoms with van der Waals surface area (Å²) in [5.74, 6) is 0.0995. The van der Waals surface area contributed by atoms with Crippen LogP contribution >= 0.6 is 0 Å². The summed E-state index contributed by atoms with van der Waals surface area (Å²) in [7, 11) is 5.74. The zero-order valence-corrected chi connectivity index (χ0v) is 19.6. The summed E-state index contributed by atoms with van der Waals surface area (Å²) in [5, 5.41) is 4.54. The molecule has 2 fully saturated rings. The van der Waals surface area contributed by atoms with Crippen LogP contribution < -0.4 is 15.0 Å². The van der Waals surface area contributed by atoms with Gasteiger partial charge in [0.1, 0.15) is 11.6 Å². The Bertz CT molecular complexity index is 1230. The first kappa shape index (κ1) is 21.7. The molecule has 0 atom stereocenters. The Balaban J connectivity index is 1.43. The number of amides is 1. The third kappa shape index (κ3) is 3.72. The number of nitrogens with zero attached hydrogens (tertiary/aromatic N) is 2. The predicted molar refractivity (Wildman–Crippen MR) is 130 cm³/mol. The maximum atomic E-state index is 14.7. The van der Waals surface area contributed by atoms with Crippen molar-refractivity contribution in [2.45, 2.75) is 31.3 Å². The number of fused-ring (bicyclic) bond motifs is 1. The van der Waals surface area contributed by atoms with Crippen molar-refractivity contribution >= 4 is 22.4 Å². The normalized spacial score (nSPS) is 17.2. The van der Waals surface area contributed by atoms with Gasteiger partial charge in [-0.3, -0.25) is 4.79 Å². The summed E-state index contributed by atoms with van der Waals surface area (Å²) >= 11 is 0. The van der Waals surface area contributed by atoms with E-state index in [2.05, 4.69) is 35.3 Å². The summed E-state index contributed by atoms with van der Waals surface area (Å²) < 4.78 is 20.1. The predicted octanol–water partition coefficient (Wildman–Crippen LogP) is 4.47. The fourth-order valence-electron chi connectivity index (χ4n) is 4.83. The van der Waals surface area contributed by atoms with Gasteiger partial charge in [-0.15, -0.1) is 0 Å². The quantitative estimate of drug-likeness (QED) is 0.606. The van der Waals surface area contributed by atoms with Crippen LogP contribution in [-0.4, -0.2) is 51.1 Å². The van der Waals surface area contributed by atoms with Crippen LogP contribution in [0.25, 0.3) is 10.8 Å². The second kappa shape index (κ2) is 8.03. The molecule has 1 aliphatic carbocycles. The first-order valence-corrected chi connectivity index (χ1v) is 11.4. The second-order valence-corrected chi connectivity index (χ2v) is 9.54. The van der Waals surface area contributed by atoms with E-state index < -0.39 is 5.54 Å². The molecule has 1 aliphatic heterocycles. The Morgan fingerprint density at radius 1 is 1.15 bits per heavy atom. The number of aryl methyl sites for hydroxylation is 1. The molecule has 1 saturated carbocycles. The van der Waals surface area contributed by atoms with Crippen LogP contribution in [0, 0.1) is 12.7 Å². The van der Waals surface area contributed by atoms with Gasteiger partial charge in [-0.2, -0.15) is 0 Å². The Hall–Kier alpha value is -3.12. The van der Waals surface area contributed by atoms with Crippen molar-refractivity contribution in [3.05, 3.63) is 71.0 Å². The molecule has 3 aromatic carbocycles. The van der Waals surface area contributed by atoms with Crippen LogP contribution in [0.5, 0.6) is 5.75 Å². The standard InChI is InChI=1S/C27H30FN3O2/c1-17-8-9-18(31-15-19(16-31)30(2)3)14-21(17)26(32)29-27(12-13-27)22-10-11-23(28)25-20(22)6-5-7-24(25)33-4/h5-11,14,19H,12-13,15-16H2,1-4H3,(H,29,32). The van der Waals surface area contributed by atoms with Gasteiger partial charge >= 0.3 is 0 Å². The molecule has 0 radical (unpaired) electrons. The molecule has 33 heavy (non-hydrogen) atoms. The lowest BCUT2D eigenvalue weighted by molar-refractivity contribution is 0.0930. The van der Waals surface area contributed by atoms with Crippen LogP contribution in [0.4, 0.5) is 10.1 Å². The van der Waals surface area contributed by atoms with Gasteiger partial charge in [0.05, 0.1) is 18.0 Å². The maximum Gasteiger partial charge on any atom is 0.252 e. The maximum absolute atomic E-state index is 14.7. The molecular formula is C27H30FN3O2. The highest BCUT2D eigenvalue weighted by atomic mass is 19.1. The second-order valence-electron chi connectivity index (χ2n) is 9.54. The number of carbonyl (C=O) groups excluding carboxylic acids is 1. The zero-order chi connectivity index (χ0) is 23.3. The van der Waals surface area contributed by atoms with Gasteiger partial charge in [-0.05, 0) is 74.6 Å². The van der Waals surface area contributed by atoms with Crippen molar-refractivity contribution in [1.29, 1.82) is 0 Å². The van der Waals surface area contributed by atoms with Crippen LogP contribution in [0.15, 0.2) is 48.5 Å². The van der Waals surface area contributed by atoms with E-state index in [-0.39, 0.29) is 11.7 Å². The number of ether oxygens (including phenoxy) is 1. The summed E-state index contributed by atoms with van der Waals surface area (Å²) in [6, 6.07) is 15.5. The molecule has 5 rings (SSSR count). The SMILES string of the molecule is COc1cccc2c(C3(NC(=O)c4cc(N5CC(N(C)C)C5)ccc4C)CC3)ccc(F)c12. The molecule has 1 N–H and O–H groups in total. The molecule has 0 aromatic heterocycles. The third-order valence-corrected chi connectivity index (χ3v) is 7.21. The first-order valence-electron chi connectivity index (χ1n) is 11.4. The van der Waals surface area contributed by atoms with Crippen molar-refractivity contribution in [2.75, 3.05) is 39.2 Å². The fraction of sp³-hybridized carbons (Fsp3) is 0.370. The van der Waals surface area contributed by atoms with Crippen molar-refractivity contribution in [2.24, 2.45) is 0 Å². The van der Waals surface area contributed by atoms with Gasteiger partial charge in [-0.1, -0.05) is 24.3 Å². The molecule has 3 aromatic rings. The molecule has 0 spiro atoms. The molecule has 1 amide bonds. The van der Waals surface area contributed by atoms with E-state index in [4.69, 9.17) is 4.74 Å². The van der Waals surface area contributed by atoms with E-state index in [1.165, 1.54) is 6.07 Å². The largest absolute Gasteiger partial charge is 0.496 e. The number of halogens is 1. The minimum atomic E-state index is -0.482. The van der Waals surface area contributed by atoms with Crippen molar-refractivity contribution in [1.82, 2.24) is 10.2 Å². The number of nitrogens with one attached hydrogen (secondary N) is 1. The van der Waals surface area contributed by atoms with Crippen LogP contribution in [-0.2, 0) is 5.54 Å². The smallest absolute Gasteiger partial charge is 0.252 e. The topological polar surface area (TPSA) is 44.8 Å². The molecule has 1 heterocycles. The van der Waals surface area contributed by atoms with Crippen molar-refractivity contribution in [3.8, 4) is 5.75 Å². The number of hydrogen-bond donors (Lipinski definition) is 1. The van der Waals surface area contributed by atoms with E-state index in [0.29, 0.717) is 22.7 Å². The number of anilines is 1. The highest BCUT2D eigenvalue weighted by Gasteiger charge is 2.47. The van der Waals surface area contributed by atoms with Gasteiger partial charge in [-0.25, -0.2) is 4.39 Å². The Labute approximate surface area is 194 Å². The number of rotatable bonds is 6. The molecule has 0 unspecified atom stereocenters. The highest BCUT2D eigenvalue weighted by Crippen LogP contribution is 2.49. The monoisotopic (exact) mass is 447 g/mol. The van der Waals surface area contributed by atoms with E-state index >= 15 is 0 Å². The minimum absolute atomic E-state index is 0.0862. The van der Waals surface area contributed by atoms with E-state index in [9.17, 15) is 9.18 Å². The van der Waals surface area contributed by atoms with E-state index in [0.717, 1.165) is 48.1 Å². The van der Waals surface area contributed by atoms with Gasteiger partial charge in [0, 0.05) is 30.4 Å². The summed E-state index contributed by atoms with van der Waals surface area (Å²) in [6.07, 6.45) is 1.65. The number of carbonyl (C=O) groups is 1. The minimum Gasteiger partial charge on any atom is -0.496 e. The average molecular weight is 448 g/mol. The van der Waals surface area contributed by atoms with Gasteiger partial charge in [0.15, 0.2) is 0 Å². The molecular weight excluding hydrogens is 417 g/mol. The lowest BCUT2D eigenvalue weighted by atomic mass is 9.95.